The van der Waals surface area contributed by atoms with Gasteiger partial charge in [0, 0.05) is 5.56 Å². The Bertz CT molecular complexity index is 693. The number of hydrogen-bond donors (Lipinski definition) is 1. The molecule has 0 bridgehead atoms. The van der Waals surface area contributed by atoms with Crippen LogP contribution in [0.5, 0.6) is 5.75 Å². The molecular formula is C14H8Cl3F2NO2. The van der Waals surface area contributed by atoms with Gasteiger partial charge in [-0.05, 0) is 36.4 Å². The molecule has 0 saturated carbocycles. The van der Waals surface area contributed by atoms with E-state index in [0.29, 0.717) is 0 Å². The van der Waals surface area contributed by atoms with E-state index in [4.69, 9.17) is 34.8 Å². The van der Waals surface area contributed by atoms with Crippen molar-refractivity contribution in [2.75, 3.05) is 5.32 Å². The normalized spacial score (nSPS) is 10.6. The van der Waals surface area contributed by atoms with Gasteiger partial charge >= 0.3 is 6.61 Å². The van der Waals surface area contributed by atoms with E-state index in [-0.39, 0.29) is 32.1 Å². The lowest BCUT2D eigenvalue weighted by atomic mass is 10.2. The standard InChI is InChI=1S/C14H8Cl3F2NO2/c15-9-5-11(17)12(6-10(9)16)20-13(21)7-1-3-8(4-2-7)22-14(18)19/h1-6,14H,(H,20,21). The number of ether oxygens (including phenoxy) is 1. The van der Waals surface area contributed by atoms with Gasteiger partial charge < -0.3 is 10.1 Å². The van der Waals surface area contributed by atoms with Gasteiger partial charge in [0.2, 0.25) is 0 Å². The van der Waals surface area contributed by atoms with Gasteiger partial charge in [0.1, 0.15) is 5.75 Å². The van der Waals surface area contributed by atoms with Gasteiger partial charge in [0.25, 0.3) is 5.91 Å². The fraction of sp³-hybridized carbons (Fsp3) is 0.0714. The number of halogens is 5. The second-order valence-corrected chi connectivity index (χ2v) is 5.32. The van der Waals surface area contributed by atoms with E-state index in [0.717, 1.165) is 0 Å². The molecule has 0 radical (unpaired) electrons. The maximum Gasteiger partial charge on any atom is 0.387 e. The van der Waals surface area contributed by atoms with Crippen LogP contribution in [0.1, 0.15) is 10.4 Å². The number of amides is 1. The van der Waals surface area contributed by atoms with Crippen LogP contribution in [-0.2, 0) is 0 Å². The summed E-state index contributed by atoms with van der Waals surface area (Å²) in [6.07, 6.45) is 0. The van der Waals surface area contributed by atoms with Crippen LogP contribution in [0.3, 0.4) is 0 Å². The summed E-state index contributed by atoms with van der Waals surface area (Å²) in [7, 11) is 0. The van der Waals surface area contributed by atoms with Crippen LogP contribution in [0.15, 0.2) is 36.4 Å². The third kappa shape index (κ3) is 4.22. The molecule has 8 heteroatoms. The molecule has 0 spiro atoms. The SMILES string of the molecule is O=C(Nc1cc(Cl)c(Cl)cc1Cl)c1ccc(OC(F)F)cc1. The van der Waals surface area contributed by atoms with Gasteiger partial charge in [-0.25, -0.2) is 0 Å². The third-order valence-electron chi connectivity index (χ3n) is 2.60. The monoisotopic (exact) mass is 365 g/mol. The highest BCUT2D eigenvalue weighted by molar-refractivity contribution is 6.44. The molecule has 0 aromatic heterocycles. The third-order valence-corrected chi connectivity index (χ3v) is 3.63. The lowest BCUT2D eigenvalue weighted by molar-refractivity contribution is -0.0498. The first-order valence-electron chi connectivity index (χ1n) is 5.87. The van der Waals surface area contributed by atoms with Gasteiger partial charge in [-0.2, -0.15) is 8.78 Å². The molecule has 0 unspecified atom stereocenters. The number of rotatable bonds is 4. The fourth-order valence-electron chi connectivity index (χ4n) is 1.60. The fourth-order valence-corrected chi connectivity index (χ4v) is 2.19. The summed E-state index contributed by atoms with van der Waals surface area (Å²) in [6.45, 7) is -2.92. The number of alkyl halides is 2. The largest absolute Gasteiger partial charge is 0.435 e. The first kappa shape index (κ1) is 16.8. The highest BCUT2D eigenvalue weighted by Crippen LogP contribution is 2.32. The summed E-state index contributed by atoms with van der Waals surface area (Å²) >= 11 is 17.6. The smallest absolute Gasteiger partial charge is 0.387 e. The van der Waals surface area contributed by atoms with E-state index >= 15 is 0 Å². The van der Waals surface area contributed by atoms with Crippen LogP contribution >= 0.6 is 34.8 Å². The van der Waals surface area contributed by atoms with Gasteiger partial charge in [-0.15, -0.1) is 0 Å². The van der Waals surface area contributed by atoms with Crippen molar-refractivity contribution in [3.05, 3.63) is 57.0 Å². The molecule has 1 amide bonds. The van der Waals surface area contributed by atoms with Crippen molar-refractivity contribution < 1.29 is 18.3 Å². The molecule has 2 aromatic carbocycles. The Morgan fingerprint density at radius 3 is 2.18 bits per heavy atom. The van der Waals surface area contributed by atoms with Crippen LogP contribution in [0, 0.1) is 0 Å². The Morgan fingerprint density at radius 2 is 1.59 bits per heavy atom. The molecule has 2 aromatic rings. The number of hydrogen-bond acceptors (Lipinski definition) is 2. The Labute approximate surface area is 139 Å². The highest BCUT2D eigenvalue weighted by Gasteiger charge is 2.12. The summed E-state index contributed by atoms with van der Waals surface area (Å²) in [4.78, 5) is 12.1. The zero-order valence-corrected chi connectivity index (χ0v) is 13.0. The van der Waals surface area contributed by atoms with Crippen LogP contribution in [0.2, 0.25) is 15.1 Å². The number of nitrogens with one attached hydrogen (secondary N) is 1. The summed E-state index contributed by atoms with van der Waals surface area (Å²) in [6, 6.07) is 8.03. The van der Waals surface area contributed by atoms with E-state index in [1.54, 1.807) is 0 Å². The second kappa shape index (κ2) is 7.13. The number of carbonyl (C=O) groups excluding carboxylic acids is 1. The van der Waals surface area contributed by atoms with Gasteiger partial charge in [-0.3, -0.25) is 4.79 Å². The predicted octanol–water partition coefficient (Wildman–Crippen LogP) is 5.50. The maximum absolute atomic E-state index is 12.1. The quantitative estimate of drug-likeness (QED) is 0.726. The lowest BCUT2D eigenvalue weighted by Gasteiger charge is -2.09. The van der Waals surface area contributed by atoms with Gasteiger partial charge in [-0.1, -0.05) is 34.8 Å². The van der Waals surface area contributed by atoms with E-state index < -0.39 is 12.5 Å². The molecule has 22 heavy (non-hydrogen) atoms. The van der Waals surface area contributed by atoms with Crippen molar-refractivity contribution in [1.82, 2.24) is 0 Å². The van der Waals surface area contributed by atoms with Gasteiger partial charge in [0.05, 0.1) is 20.8 Å². The Morgan fingerprint density at radius 1 is 1.00 bits per heavy atom. The van der Waals surface area contributed by atoms with Crippen molar-refractivity contribution in [3.63, 3.8) is 0 Å². The molecule has 0 aliphatic carbocycles. The molecule has 0 heterocycles. The summed E-state index contributed by atoms with van der Waals surface area (Å²) in [5.74, 6) is -0.525. The summed E-state index contributed by atoms with van der Waals surface area (Å²) < 4.78 is 28.3. The van der Waals surface area contributed by atoms with Crippen molar-refractivity contribution in [1.29, 1.82) is 0 Å². The Kier molecular flexibility index (Phi) is 5.45. The first-order chi connectivity index (χ1) is 10.4. The molecule has 0 atom stereocenters. The van der Waals surface area contributed by atoms with E-state index in [1.165, 1.54) is 36.4 Å². The van der Waals surface area contributed by atoms with Crippen LogP contribution in [-0.4, -0.2) is 12.5 Å². The van der Waals surface area contributed by atoms with E-state index in [2.05, 4.69) is 10.1 Å². The number of benzene rings is 2. The highest BCUT2D eigenvalue weighted by atomic mass is 35.5. The zero-order chi connectivity index (χ0) is 16.3. The molecule has 3 nitrogen and oxygen atoms in total. The average molecular weight is 367 g/mol. The van der Waals surface area contributed by atoms with Gasteiger partial charge in [0.15, 0.2) is 0 Å². The maximum atomic E-state index is 12.1. The molecule has 1 N–H and O–H groups in total. The van der Waals surface area contributed by atoms with Crippen LogP contribution in [0.4, 0.5) is 14.5 Å². The molecule has 0 aliphatic rings. The van der Waals surface area contributed by atoms with Crippen LogP contribution < -0.4 is 10.1 Å². The first-order valence-corrected chi connectivity index (χ1v) is 7.01. The van der Waals surface area contributed by atoms with E-state index in [1.807, 2.05) is 0 Å². The molecule has 0 fully saturated rings. The number of carbonyl (C=O) groups is 1. The molecular weight excluding hydrogens is 359 g/mol. The molecule has 116 valence electrons. The minimum Gasteiger partial charge on any atom is -0.435 e. The molecule has 0 saturated heterocycles. The number of anilines is 1. The molecule has 2 rings (SSSR count). The second-order valence-electron chi connectivity index (χ2n) is 4.10. The minimum absolute atomic E-state index is 0.0425. The Hall–Kier alpha value is -1.56. The van der Waals surface area contributed by atoms with Crippen LogP contribution in [0.25, 0.3) is 0 Å². The lowest BCUT2D eigenvalue weighted by Crippen LogP contribution is -2.12. The zero-order valence-electron chi connectivity index (χ0n) is 10.7. The Balaban J connectivity index is 2.14. The topological polar surface area (TPSA) is 38.3 Å². The average Bonchev–Trinajstić information content (AvgIpc) is 2.44. The van der Waals surface area contributed by atoms with Crippen molar-refractivity contribution in [2.24, 2.45) is 0 Å². The minimum atomic E-state index is -2.92. The summed E-state index contributed by atoms with van der Waals surface area (Å²) in [5.41, 5.74) is 0.526. The summed E-state index contributed by atoms with van der Waals surface area (Å²) in [5, 5.41) is 3.27. The van der Waals surface area contributed by atoms with E-state index in [9.17, 15) is 13.6 Å². The van der Waals surface area contributed by atoms with Crippen molar-refractivity contribution in [2.45, 2.75) is 6.61 Å². The van der Waals surface area contributed by atoms with Crippen molar-refractivity contribution >= 4 is 46.4 Å². The predicted molar refractivity (Wildman–Crippen MR) is 82.5 cm³/mol. The molecule has 0 aliphatic heterocycles. The van der Waals surface area contributed by atoms with Crippen molar-refractivity contribution in [3.8, 4) is 5.75 Å².